The Hall–Kier alpha value is -2.26. The molecule has 0 unspecified atom stereocenters. The van der Waals surface area contributed by atoms with Gasteiger partial charge >= 0.3 is 47.5 Å². The topological polar surface area (TPSA) is 176 Å². The van der Waals surface area contributed by atoms with Gasteiger partial charge in [0.2, 0.25) is 5.91 Å². The van der Waals surface area contributed by atoms with Gasteiger partial charge in [-0.1, -0.05) is 78.1 Å². The summed E-state index contributed by atoms with van der Waals surface area (Å²) in [7, 11) is 0. The fourth-order valence-corrected chi connectivity index (χ4v) is 4.81. The first kappa shape index (κ1) is 52.1. The molecule has 0 aromatic heterocycles. The Morgan fingerprint density at radius 3 is 1.62 bits per heavy atom. The Bertz CT molecular complexity index is 876. The van der Waals surface area contributed by atoms with Crippen LogP contribution in [0.3, 0.4) is 0 Å². The van der Waals surface area contributed by atoms with E-state index in [2.05, 4.69) is 29.0 Å². The normalized spacial score (nSPS) is 11.3. The zero-order chi connectivity index (χ0) is 37.0. The molecule has 1 aliphatic rings. The molecule has 0 aromatic carbocycles. The Kier molecular flexibility index (Phi) is 41.2. The second-order valence-corrected chi connectivity index (χ2v) is 11.4. The number of ether oxygens (including phenoxy) is 3. The summed E-state index contributed by atoms with van der Waals surface area (Å²) in [5.74, 6) is -0.304. The van der Waals surface area contributed by atoms with E-state index in [-0.39, 0.29) is 94.5 Å². The van der Waals surface area contributed by atoms with Crippen LogP contribution in [0.15, 0.2) is 4.99 Å². The van der Waals surface area contributed by atoms with Crippen LogP contribution in [0, 0.1) is 0 Å². The van der Waals surface area contributed by atoms with E-state index in [4.69, 9.17) is 24.3 Å². The molecule has 0 saturated heterocycles. The predicted molar refractivity (Wildman–Crippen MR) is 186 cm³/mol. The van der Waals surface area contributed by atoms with E-state index in [9.17, 15) is 19.2 Å². The summed E-state index contributed by atoms with van der Waals surface area (Å²) in [6.07, 6.45) is 16.1. The molecule has 1 aliphatic heterocycles. The molecule has 0 aromatic rings. The number of hydrogen-bond donors (Lipinski definition) is 1. The molecule has 14 nitrogen and oxygen atoms in total. The molecule has 0 fully saturated rings. The molecule has 15 heteroatoms. The summed E-state index contributed by atoms with van der Waals surface area (Å²) in [5, 5.41) is 11.7. The van der Waals surface area contributed by atoms with Crippen molar-refractivity contribution >= 4 is 36.1 Å². The van der Waals surface area contributed by atoms with E-state index >= 15 is 0 Å². The maximum Gasteiger partial charge on any atom is 1.00 e. The maximum absolute atomic E-state index is 12.8. The quantitative estimate of drug-likeness (QED) is 0.0240. The van der Waals surface area contributed by atoms with Crippen molar-refractivity contribution in [2.24, 2.45) is 4.99 Å². The summed E-state index contributed by atoms with van der Waals surface area (Å²) in [6.45, 7) is 12.1. The first-order valence-electron chi connectivity index (χ1n) is 18.2. The van der Waals surface area contributed by atoms with Gasteiger partial charge in [0, 0.05) is 32.5 Å². The van der Waals surface area contributed by atoms with Crippen LogP contribution < -0.4 is 40.1 Å². The number of esters is 3. The average Bonchev–Trinajstić information content (AvgIpc) is 3.60. The number of hydrogen-bond acceptors (Lipinski definition) is 13. The molecule has 50 heavy (non-hydrogen) atoms. The third kappa shape index (κ3) is 34.2. The van der Waals surface area contributed by atoms with Crippen LogP contribution in [0.1, 0.15) is 125 Å². The fraction of sp³-hybridized carbons (Fsp3) is 0.829. The monoisotopic (exact) mass is 724 g/mol. The molecule has 0 radical (unpaired) electrons. The molecule has 1 rings (SSSR count). The summed E-state index contributed by atoms with van der Waals surface area (Å²) < 4.78 is 14.9. The SMILES string of the molecule is CCCCCCCCC(=O)N(CCN(CC(=O)OCC)CC(=O)OCC)CC(=O)OCC.CCCCCCCCC1=NCCN1.O=CO[O-].[Na+]. The Morgan fingerprint density at radius 1 is 0.720 bits per heavy atom. The van der Waals surface area contributed by atoms with Crippen LogP contribution in [0.25, 0.3) is 0 Å². The Labute approximate surface area is 323 Å². The van der Waals surface area contributed by atoms with Gasteiger partial charge in [-0.2, -0.15) is 0 Å². The molecule has 1 N–H and O–H groups in total. The molecule has 0 saturated carbocycles. The van der Waals surface area contributed by atoms with Crippen LogP contribution in [0.5, 0.6) is 0 Å². The van der Waals surface area contributed by atoms with Gasteiger partial charge in [0.1, 0.15) is 6.54 Å². The van der Waals surface area contributed by atoms with E-state index in [0.29, 0.717) is 6.42 Å². The fourth-order valence-electron chi connectivity index (χ4n) is 4.81. The van der Waals surface area contributed by atoms with Gasteiger partial charge in [0.25, 0.3) is 6.47 Å². The summed E-state index contributed by atoms with van der Waals surface area (Å²) in [5.41, 5.74) is 0. The molecule has 1 amide bonds. The van der Waals surface area contributed by atoms with Crippen molar-refractivity contribution in [3.63, 3.8) is 0 Å². The molecule has 0 atom stereocenters. The zero-order valence-electron chi connectivity index (χ0n) is 32.0. The maximum atomic E-state index is 12.8. The molecule has 286 valence electrons. The van der Waals surface area contributed by atoms with Gasteiger partial charge in [0.05, 0.1) is 45.3 Å². The number of amides is 1. The molecule has 1 heterocycles. The average molecular weight is 725 g/mol. The first-order valence-corrected chi connectivity index (χ1v) is 18.2. The van der Waals surface area contributed by atoms with Crippen molar-refractivity contribution in [2.45, 2.75) is 125 Å². The number of carbonyl (C=O) groups is 5. The smallest absolute Gasteiger partial charge is 0.662 e. The van der Waals surface area contributed by atoms with Crippen molar-refractivity contribution < 1.29 is 77.9 Å². The number of carbonyl (C=O) groups excluding carboxylic acids is 5. The number of unbranched alkanes of at least 4 members (excludes halogenated alkanes) is 10. The minimum absolute atomic E-state index is 0. The van der Waals surface area contributed by atoms with Crippen LogP contribution in [0.2, 0.25) is 0 Å². The predicted octanol–water partition coefficient (Wildman–Crippen LogP) is 0.734. The van der Waals surface area contributed by atoms with E-state index in [1.165, 1.54) is 68.5 Å². The number of nitrogens with zero attached hydrogens (tertiary/aromatic N) is 3. The summed E-state index contributed by atoms with van der Waals surface area (Å²) >= 11 is 0. The summed E-state index contributed by atoms with van der Waals surface area (Å²) in [4.78, 5) is 67.2. The van der Waals surface area contributed by atoms with Crippen molar-refractivity contribution in [3.8, 4) is 0 Å². The Balaban J connectivity index is -0.00000101. The number of amidine groups is 1. The number of nitrogens with one attached hydrogen (secondary N) is 1. The van der Waals surface area contributed by atoms with Gasteiger partial charge in [0.15, 0.2) is 0 Å². The van der Waals surface area contributed by atoms with Gasteiger partial charge in [-0.25, -0.2) is 0 Å². The second kappa shape index (κ2) is 39.5. The van der Waals surface area contributed by atoms with Crippen LogP contribution in [-0.4, -0.2) is 112 Å². The second-order valence-electron chi connectivity index (χ2n) is 11.4. The minimum atomic E-state index is -0.480. The molecule has 0 bridgehead atoms. The first-order chi connectivity index (χ1) is 23.7. The van der Waals surface area contributed by atoms with E-state index in [0.717, 1.165) is 38.8 Å². The largest absolute Gasteiger partial charge is 1.00 e. The molecular weight excluding hydrogens is 659 g/mol. The van der Waals surface area contributed by atoms with E-state index in [1.54, 1.807) is 25.7 Å². The van der Waals surface area contributed by atoms with Crippen molar-refractivity contribution in [1.82, 2.24) is 15.1 Å². The molecule has 0 aliphatic carbocycles. The van der Waals surface area contributed by atoms with E-state index in [1.807, 2.05) is 0 Å². The van der Waals surface area contributed by atoms with Crippen molar-refractivity contribution in [1.29, 1.82) is 0 Å². The van der Waals surface area contributed by atoms with Crippen LogP contribution >= 0.6 is 0 Å². The van der Waals surface area contributed by atoms with Crippen LogP contribution in [0.4, 0.5) is 0 Å². The number of aliphatic imine (C=N–C) groups is 1. The van der Waals surface area contributed by atoms with Crippen molar-refractivity contribution in [2.75, 3.05) is 65.6 Å². The van der Waals surface area contributed by atoms with E-state index < -0.39 is 17.9 Å². The third-order valence-corrected chi connectivity index (χ3v) is 7.27. The molecule has 0 spiro atoms. The standard InChI is InChI=1S/C23H42N2O7.C11H22N2.CH2O3.Na/c1-5-9-10-11-12-13-14-20(26)25(19-23(29)32-8-4)16-15-24(17-21(27)30-6-2)18-22(28)31-7-3;1-2-3-4-5-6-7-8-11-12-9-10-13-11;2-1-4-3;/h5-19H2,1-4H3;2-10H2,1H3,(H,12,13);1,3H;/q;;;+1/p-1. The molecular formula is C35H65N4NaO10. The minimum Gasteiger partial charge on any atom is -0.662 e. The third-order valence-electron chi connectivity index (χ3n) is 7.27. The summed E-state index contributed by atoms with van der Waals surface area (Å²) in [6, 6.07) is 0. The van der Waals surface area contributed by atoms with Gasteiger partial charge in [-0.15, -0.1) is 0 Å². The van der Waals surface area contributed by atoms with Crippen LogP contribution in [-0.2, 0) is 43.1 Å². The van der Waals surface area contributed by atoms with Gasteiger partial charge < -0.3 is 34.6 Å². The van der Waals surface area contributed by atoms with Gasteiger partial charge in [-0.3, -0.25) is 33.9 Å². The Morgan fingerprint density at radius 2 is 1.18 bits per heavy atom. The van der Waals surface area contributed by atoms with Gasteiger partial charge in [-0.05, 0) is 33.6 Å². The number of rotatable bonds is 27. The van der Waals surface area contributed by atoms with Crippen molar-refractivity contribution in [3.05, 3.63) is 0 Å². The zero-order valence-corrected chi connectivity index (χ0v) is 34.0.